The van der Waals surface area contributed by atoms with E-state index in [1.165, 1.54) is 0 Å². The molecule has 1 aromatic heterocycles. The van der Waals surface area contributed by atoms with Gasteiger partial charge in [0.25, 0.3) is 5.91 Å². The Hall–Kier alpha value is -4.34. The van der Waals surface area contributed by atoms with Crippen molar-refractivity contribution < 1.29 is 24.2 Å². The van der Waals surface area contributed by atoms with E-state index in [2.05, 4.69) is 5.32 Å². The molecular formula is C34H40N4O5. The van der Waals surface area contributed by atoms with Crippen molar-refractivity contribution in [3.05, 3.63) is 84.1 Å². The van der Waals surface area contributed by atoms with E-state index < -0.39 is 12.1 Å². The number of hydrogen-bond donors (Lipinski definition) is 2. The number of aromatic nitrogens is 1. The lowest BCUT2D eigenvalue weighted by atomic mass is 9.96. The molecular weight excluding hydrogens is 544 g/mol. The largest absolute Gasteiger partial charge is 0.497 e. The van der Waals surface area contributed by atoms with Crippen molar-refractivity contribution in [2.45, 2.75) is 32.6 Å². The second-order valence-corrected chi connectivity index (χ2v) is 11.3. The van der Waals surface area contributed by atoms with Gasteiger partial charge in [-0.2, -0.15) is 0 Å². The van der Waals surface area contributed by atoms with E-state index in [0.717, 1.165) is 27.6 Å². The zero-order valence-corrected chi connectivity index (χ0v) is 25.4. The molecule has 0 saturated carbocycles. The number of rotatable bonds is 6. The number of fused-ring (bicyclic) bond motifs is 5. The number of nitrogens with one attached hydrogen (secondary N) is 1. The number of urea groups is 1. The number of benzene rings is 3. The predicted octanol–water partition coefficient (Wildman–Crippen LogP) is 5.38. The zero-order valence-electron chi connectivity index (χ0n) is 25.4. The fourth-order valence-electron chi connectivity index (χ4n) is 5.80. The lowest BCUT2D eigenvalue weighted by Gasteiger charge is -2.35. The predicted molar refractivity (Wildman–Crippen MR) is 168 cm³/mol. The van der Waals surface area contributed by atoms with Gasteiger partial charge in [-0.1, -0.05) is 55.5 Å². The molecule has 0 radical (unpaired) electrons. The van der Waals surface area contributed by atoms with Crippen LogP contribution in [0.25, 0.3) is 22.0 Å². The highest BCUT2D eigenvalue weighted by Crippen LogP contribution is 2.38. The molecule has 3 amide bonds. The van der Waals surface area contributed by atoms with Gasteiger partial charge in [0.15, 0.2) is 0 Å². The summed E-state index contributed by atoms with van der Waals surface area (Å²) in [5.74, 6) is 0.339. The maximum absolute atomic E-state index is 14.5. The Labute approximate surface area is 252 Å². The Bertz CT molecular complexity index is 1620. The van der Waals surface area contributed by atoms with Gasteiger partial charge in [0.1, 0.15) is 11.4 Å². The second kappa shape index (κ2) is 12.9. The summed E-state index contributed by atoms with van der Waals surface area (Å²) in [4.78, 5) is 31.0. The number of aliphatic hydroxyl groups is 1. The topological polar surface area (TPSA) is 96.3 Å². The molecule has 9 heteroatoms. The number of amides is 3. The molecule has 9 nitrogen and oxygen atoms in total. The first kappa shape index (κ1) is 30.1. The minimum atomic E-state index is -0.424. The minimum absolute atomic E-state index is 0.151. The average molecular weight is 585 g/mol. The van der Waals surface area contributed by atoms with Crippen LogP contribution in [-0.4, -0.2) is 77.4 Å². The van der Waals surface area contributed by atoms with Crippen molar-refractivity contribution in [1.29, 1.82) is 0 Å². The van der Waals surface area contributed by atoms with Crippen LogP contribution in [0.15, 0.2) is 72.8 Å². The Morgan fingerprint density at radius 1 is 1.14 bits per heavy atom. The summed E-state index contributed by atoms with van der Waals surface area (Å²) in [6.45, 7) is 4.64. The van der Waals surface area contributed by atoms with E-state index in [4.69, 9.17) is 9.47 Å². The van der Waals surface area contributed by atoms with Gasteiger partial charge in [0, 0.05) is 61.3 Å². The maximum atomic E-state index is 14.5. The molecule has 4 aromatic rings. The number of ether oxygens (including phenoxy) is 2. The van der Waals surface area contributed by atoms with Crippen LogP contribution in [0, 0.1) is 5.92 Å². The van der Waals surface area contributed by atoms with E-state index in [1.807, 2.05) is 86.1 Å². The Morgan fingerprint density at radius 3 is 2.65 bits per heavy atom. The highest BCUT2D eigenvalue weighted by Gasteiger charge is 2.34. The van der Waals surface area contributed by atoms with Crippen molar-refractivity contribution in [2.75, 3.05) is 39.2 Å². The number of anilines is 1. The fraction of sp³-hybridized carbons (Fsp3) is 0.353. The van der Waals surface area contributed by atoms with Crippen LogP contribution >= 0.6 is 0 Å². The lowest BCUT2D eigenvalue weighted by molar-refractivity contribution is -0.0179. The zero-order chi connectivity index (χ0) is 30.7. The molecule has 5 rings (SSSR count). The van der Waals surface area contributed by atoms with Crippen LogP contribution in [0.1, 0.15) is 29.9 Å². The van der Waals surface area contributed by atoms with Crippen LogP contribution < -0.4 is 10.1 Å². The van der Waals surface area contributed by atoms with Crippen molar-refractivity contribution in [2.24, 2.45) is 13.0 Å². The van der Waals surface area contributed by atoms with Gasteiger partial charge >= 0.3 is 6.03 Å². The minimum Gasteiger partial charge on any atom is -0.497 e. The Morgan fingerprint density at radius 2 is 1.88 bits per heavy atom. The van der Waals surface area contributed by atoms with Gasteiger partial charge < -0.3 is 34.3 Å². The summed E-state index contributed by atoms with van der Waals surface area (Å²) in [5.41, 5.74) is 4.90. The molecule has 226 valence electrons. The molecule has 0 bridgehead atoms. The lowest BCUT2D eigenvalue weighted by Crippen LogP contribution is -2.48. The van der Waals surface area contributed by atoms with Crippen LogP contribution in [0.3, 0.4) is 0 Å². The molecule has 2 heterocycles. The van der Waals surface area contributed by atoms with Gasteiger partial charge in [-0.15, -0.1) is 0 Å². The van der Waals surface area contributed by atoms with Gasteiger partial charge in [-0.3, -0.25) is 4.79 Å². The van der Waals surface area contributed by atoms with Crippen molar-refractivity contribution in [3.8, 4) is 16.9 Å². The molecule has 3 aromatic carbocycles. The molecule has 1 aliphatic heterocycles. The van der Waals surface area contributed by atoms with Crippen LogP contribution in [0.2, 0.25) is 0 Å². The van der Waals surface area contributed by atoms with E-state index in [9.17, 15) is 14.7 Å². The second-order valence-electron chi connectivity index (χ2n) is 11.3. The maximum Gasteiger partial charge on any atom is 0.321 e. The molecule has 1 aliphatic rings. The Balaban J connectivity index is 1.52. The first-order chi connectivity index (χ1) is 20.7. The van der Waals surface area contributed by atoms with Crippen molar-refractivity contribution in [1.82, 2.24) is 14.4 Å². The third-order valence-electron chi connectivity index (χ3n) is 8.35. The van der Waals surface area contributed by atoms with E-state index >= 15 is 0 Å². The van der Waals surface area contributed by atoms with Crippen LogP contribution in [-0.2, 0) is 18.4 Å². The average Bonchev–Trinajstić information content (AvgIpc) is 3.32. The summed E-state index contributed by atoms with van der Waals surface area (Å²) in [6, 6.07) is 22.5. The number of aliphatic hydroxyl groups excluding tert-OH is 1. The van der Waals surface area contributed by atoms with Crippen molar-refractivity contribution in [3.63, 3.8) is 0 Å². The molecule has 0 unspecified atom stereocenters. The number of carbonyl (C=O) groups is 2. The molecule has 43 heavy (non-hydrogen) atoms. The normalized spacial score (nSPS) is 17.9. The standard InChI is InChI=1S/C34H40N4O5/c1-22-18-38(23(2)20-39)33(40)32-31(28-15-8-9-16-29(28)37(32)4)27-14-7-6-11-24(27)21-43-30(22)19-36(3)34(41)35-25-12-10-13-26(17-25)42-5/h6-17,22-23,30,39H,18-21H2,1-5H3,(H,35,41)/t22-,23-,30-/m1/s1. The van der Waals surface area contributed by atoms with E-state index in [0.29, 0.717) is 36.8 Å². The van der Waals surface area contributed by atoms with Gasteiger partial charge in [0.05, 0.1) is 32.5 Å². The molecule has 0 spiro atoms. The number of aryl methyl sites for hydroxylation is 1. The van der Waals surface area contributed by atoms with Crippen LogP contribution in [0.5, 0.6) is 5.75 Å². The highest BCUT2D eigenvalue weighted by molar-refractivity contribution is 6.10. The summed E-state index contributed by atoms with van der Waals surface area (Å²) < 4.78 is 13.8. The number of nitrogens with zero attached hydrogens (tertiary/aromatic N) is 3. The summed E-state index contributed by atoms with van der Waals surface area (Å²) in [5, 5.41) is 14.1. The van der Waals surface area contributed by atoms with Crippen molar-refractivity contribution >= 4 is 28.5 Å². The number of methoxy groups -OCH3 is 1. The molecule has 2 N–H and O–H groups in total. The quantitative estimate of drug-likeness (QED) is 0.318. The van der Waals surface area contributed by atoms with Gasteiger partial charge in [-0.25, -0.2) is 4.79 Å². The third-order valence-corrected chi connectivity index (χ3v) is 8.35. The van der Waals surface area contributed by atoms with Gasteiger partial charge in [-0.05, 0) is 36.2 Å². The first-order valence-electron chi connectivity index (χ1n) is 14.6. The van der Waals surface area contributed by atoms with Gasteiger partial charge in [0.2, 0.25) is 0 Å². The number of likely N-dealkylation sites (N-methyl/N-ethyl adjacent to an activating group) is 1. The fourth-order valence-corrected chi connectivity index (χ4v) is 5.80. The molecule has 0 fully saturated rings. The first-order valence-corrected chi connectivity index (χ1v) is 14.6. The third kappa shape index (κ3) is 6.09. The summed E-state index contributed by atoms with van der Waals surface area (Å²) >= 11 is 0. The smallest absolute Gasteiger partial charge is 0.321 e. The van der Waals surface area contributed by atoms with E-state index in [-0.39, 0.29) is 24.5 Å². The SMILES string of the molecule is COc1cccc(NC(=O)N(C)C[C@H]2OCc3ccccc3-c3c(n(C)c4ccccc34)C(=O)N([C@H](C)CO)C[C@H]2C)c1. The van der Waals surface area contributed by atoms with Crippen LogP contribution in [0.4, 0.5) is 10.5 Å². The number of para-hydroxylation sites is 1. The highest BCUT2D eigenvalue weighted by atomic mass is 16.5. The van der Waals surface area contributed by atoms with E-state index in [1.54, 1.807) is 36.1 Å². The Kier molecular flexibility index (Phi) is 9.03. The molecule has 0 saturated heterocycles. The number of carbonyl (C=O) groups excluding carboxylic acids is 2. The molecule has 0 aliphatic carbocycles. The molecule has 3 atom stereocenters. The number of hydrogen-bond acceptors (Lipinski definition) is 5. The summed E-state index contributed by atoms with van der Waals surface area (Å²) in [6.07, 6.45) is -0.395. The monoisotopic (exact) mass is 584 g/mol. The summed E-state index contributed by atoms with van der Waals surface area (Å²) in [7, 11) is 5.23.